The molecule has 0 spiro atoms. The van der Waals surface area contributed by atoms with E-state index in [1.54, 1.807) is 32.2 Å². The number of hydrogen-bond donors (Lipinski definition) is 1. The number of nitrogens with zero attached hydrogens (tertiary/aromatic N) is 2. The third-order valence-electron chi connectivity index (χ3n) is 4.44. The van der Waals surface area contributed by atoms with Crippen molar-refractivity contribution in [2.24, 2.45) is 0 Å². The number of amides is 1. The number of thiazole rings is 1. The molecule has 10 heteroatoms. The molecule has 30 heavy (non-hydrogen) atoms. The predicted octanol–water partition coefficient (Wildman–Crippen LogP) is 4.01. The Hall–Kier alpha value is -3.24. The van der Waals surface area contributed by atoms with E-state index in [4.69, 9.17) is 9.26 Å². The Balaban J connectivity index is 1.51. The highest BCUT2D eigenvalue weighted by atomic mass is 32.2. The Bertz CT molecular complexity index is 1320. The molecule has 4 aromatic rings. The van der Waals surface area contributed by atoms with Crippen LogP contribution in [0.25, 0.3) is 21.5 Å². The summed E-state index contributed by atoms with van der Waals surface area (Å²) in [5.41, 5.74) is 1.45. The van der Waals surface area contributed by atoms with Gasteiger partial charge in [0.15, 0.2) is 26.4 Å². The van der Waals surface area contributed by atoms with Crippen LogP contribution in [0, 0.1) is 0 Å². The Labute approximate surface area is 176 Å². The number of benzene rings is 2. The summed E-state index contributed by atoms with van der Waals surface area (Å²) >= 11 is 1.32. The van der Waals surface area contributed by atoms with Crippen LogP contribution in [-0.2, 0) is 9.84 Å². The van der Waals surface area contributed by atoms with Crippen molar-refractivity contribution in [3.05, 3.63) is 54.2 Å². The fourth-order valence-electron chi connectivity index (χ4n) is 2.76. The lowest BCUT2D eigenvalue weighted by Gasteiger charge is -2.01. The normalized spacial score (nSPS) is 11.5. The molecular formula is C20H17N3O5S2. The summed E-state index contributed by atoms with van der Waals surface area (Å²) in [7, 11) is -1.69. The van der Waals surface area contributed by atoms with Gasteiger partial charge in [0.05, 0.1) is 28.0 Å². The van der Waals surface area contributed by atoms with E-state index >= 15 is 0 Å². The number of methoxy groups -OCH3 is 1. The molecule has 0 saturated carbocycles. The second-order valence-corrected chi connectivity index (χ2v) is 9.62. The number of carbonyl (C=O) groups is 1. The predicted molar refractivity (Wildman–Crippen MR) is 114 cm³/mol. The molecule has 1 amide bonds. The van der Waals surface area contributed by atoms with Crippen LogP contribution in [0.3, 0.4) is 0 Å². The van der Waals surface area contributed by atoms with Crippen molar-refractivity contribution in [2.45, 2.75) is 11.8 Å². The minimum absolute atomic E-state index is 0.0253. The van der Waals surface area contributed by atoms with Crippen molar-refractivity contribution in [3.63, 3.8) is 0 Å². The fraction of sp³-hybridized carbons (Fsp3) is 0.150. The molecule has 1 N–H and O–H groups in total. The van der Waals surface area contributed by atoms with Crippen LogP contribution in [0.5, 0.6) is 5.75 Å². The van der Waals surface area contributed by atoms with Crippen LogP contribution < -0.4 is 10.1 Å². The Morgan fingerprint density at radius 2 is 1.93 bits per heavy atom. The first-order valence-corrected chi connectivity index (χ1v) is 11.4. The lowest BCUT2D eigenvalue weighted by Crippen LogP contribution is -2.11. The summed E-state index contributed by atoms with van der Waals surface area (Å²) in [5.74, 6) is 0.635. The van der Waals surface area contributed by atoms with Gasteiger partial charge in [0.1, 0.15) is 5.75 Å². The third-order valence-corrected chi connectivity index (χ3v) is 7.12. The van der Waals surface area contributed by atoms with Gasteiger partial charge in [-0.15, -0.1) is 0 Å². The van der Waals surface area contributed by atoms with E-state index in [9.17, 15) is 13.2 Å². The molecule has 2 aromatic heterocycles. The molecule has 4 rings (SSSR count). The van der Waals surface area contributed by atoms with E-state index < -0.39 is 15.7 Å². The van der Waals surface area contributed by atoms with Crippen LogP contribution in [0.1, 0.15) is 17.4 Å². The van der Waals surface area contributed by atoms with Crippen LogP contribution in [0.15, 0.2) is 57.9 Å². The van der Waals surface area contributed by atoms with Gasteiger partial charge in [-0.05, 0) is 42.5 Å². The first-order chi connectivity index (χ1) is 14.4. The quantitative estimate of drug-likeness (QED) is 0.479. The summed E-state index contributed by atoms with van der Waals surface area (Å²) in [4.78, 5) is 17.1. The summed E-state index contributed by atoms with van der Waals surface area (Å²) in [6.45, 7) is 1.59. The molecule has 0 fully saturated rings. The minimum Gasteiger partial charge on any atom is -0.497 e. The number of hydrogen-bond acceptors (Lipinski definition) is 8. The number of carbonyl (C=O) groups excluding carboxylic acids is 1. The zero-order chi connectivity index (χ0) is 21.3. The Kier molecular flexibility index (Phi) is 5.27. The lowest BCUT2D eigenvalue weighted by molar-refractivity contribution is 0.101. The molecule has 0 atom stereocenters. The first kappa shape index (κ1) is 20.0. The zero-order valence-electron chi connectivity index (χ0n) is 16.1. The van der Waals surface area contributed by atoms with Gasteiger partial charge < -0.3 is 9.26 Å². The molecule has 0 unspecified atom stereocenters. The highest BCUT2D eigenvalue weighted by molar-refractivity contribution is 7.91. The number of ether oxygens (including phenoxy) is 1. The average Bonchev–Trinajstić information content (AvgIpc) is 3.40. The summed E-state index contributed by atoms with van der Waals surface area (Å²) in [5, 5.41) is 6.95. The molecule has 0 bridgehead atoms. The average molecular weight is 444 g/mol. The van der Waals surface area contributed by atoms with E-state index in [2.05, 4.69) is 15.5 Å². The first-order valence-electron chi connectivity index (χ1n) is 8.95. The van der Waals surface area contributed by atoms with Gasteiger partial charge in [-0.3, -0.25) is 10.1 Å². The molecule has 154 valence electrons. The van der Waals surface area contributed by atoms with Crippen molar-refractivity contribution >= 4 is 42.4 Å². The number of rotatable bonds is 6. The standard InChI is InChI=1S/C20H17N3O5S2/c1-3-30(25,26)14-7-4-12(5-8-14)17-11-16(23-28-17)19(24)22-20-21-15-9-6-13(27-2)10-18(15)29-20/h4-11H,3H2,1-2H3,(H,21,22,24). The fourth-order valence-corrected chi connectivity index (χ4v) is 4.53. The molecule has 0 saturated heterocycles. The van der Waals surface area contributed by atoms with E-state index in [0.29, 0.717) is 22.2 Å². The molecule has 2 heterocycles. The third kappa shape index (κ3) is 3.91. The molecular weight excluding hydrogens is 426 g/mol. The minimum atomic E-state index is -3.28. The Morgan fingerprint density at radius 1 is 1.17 bits per heavy atom. The number of aromatic nitrogens is 2. The monoisotopic (exact) mass is 443 g/mol. The van der Waals surface area contributed by atoms with Gasteiger partial charge in [-0.1, -0.05) is 23.4 Å². The van der Waals surface area contributed by atoms with Gasteiger partial charge in [-0.25, -0.2) is 13.4 Å². The van der Waals surface area contributed by atoms with Gasteiger partial charge in [0, 0.05) is 11.6 Å². The summed E-state index contributed by atoms with van der Waals surface area (Å²) in [6.07, 6.45) is 0. The van der Waals surface area contributed by atoms with Crippen molar-refractivity contribution < 1.29 is 22.5 Å². The summed E-state index contributed by atoms with van der Waals surface area (Å²) < 4.78 is 35.2. The topological polar surface area (TPSA) is 111 Å². The molecule has 0 aliphatic rings. The SMILES string of the molecule is CCS(=O)(=O)c1ccc(-c2cc(C(=O)Nc3nc4ccc(OC)cc4s3)no2)cc1. The van der Waals surface area contributed by atoms with Gasteiger partial charge in [0.25, 0.3) is 5.91 Å². The van der Waals surface area contributed by atoms with Crippen molar-refractivity contribution in [2.75, 3.05) is 18.2 Å². The van der Waals surface area contributed by atoms with E-state index in [-0.39, 0.29) is 16.3 Å². The van der Waals surface area contributed by atoms with Crippen molar-refractivity contribution in [1.82, 2.24) is 10.1 Å². The molecule has 8 nitrogen and oxygen atoms in total. The zero-order valence-corrected chi connectivity index (χ0v) is 17.7. The largest absolute Gasteiger partial charge is 0.497 e. The lowest BCUT2D eigenvalue weighted by atomic mass is 10.1. The van der Waals surface area contributed by atoms with Gasteiger partial charge in [-0.2, -0.15) is 0 Å². The molecule has 0 aliphatic carbocycles. The van der Waals surface area contributed by atoms with Crippen LogP contribution in [0.2, 0.25) is 0 Å². The van der Waals surface area contributed by atoms with Crippen molar-refractivity contribution in [1.29, 1.82) is 0 Å². The van der Waals surface area contributed by atoms with E-state index in [1.165, 1.54) is 29.5 Å². The number of nitrogens with one attached hydrogen (secondary N) is 1. The second-order valence-electron chi connectivity index (χ2n) is 6.31. The highest BCUT2D eigenvalue weighted by Gasteiger charge is 2.17. The summed E-state index contributed by atoms with van der Waals surface area (Å²) in [6, 6.07) is 13.2. The van der Waals surface area contributed by atoms with E-state index in [0.717, 1.165) is 10.2 Å². The Morgan fingerprint density at radius 3 is 2.63 bits per heavy atom. The smallest absolute Gasteiger partial charge is 0.279 e. The van der Waals surface area contributed by atoms with Crippen LogP contribution in [-0.4, -0.2) is 37.3 Å². The van der Waals surface area contributed by atoms with E-state index in [1.807, 2.05) is 12.1 Å². The van der Waals surface area contributed by atoms with Crippen LogP contribution in [0.4, 0.5) is 5.13 Å². The maximum Gasteiger partial charge on any atom is 0.279 e. The van der Waals surface area contributed by atoms with Gasteiger partial charge >= 0.3 is 0 Å². The molecule has 2 aromatic carbocycles. The highest BCUT2D eigenvalue weighted by Crippen LogP contribution is 2.29. The molecule has 0 aliphatic heterocycles. The second kappa shape index (κ2) is 7.88. The number of sulfone groups is 1. The van der Waals surface area contributed by atoms with Gasteiger partial charge in [0.2, 0.25) is 0 Å². The number of fused-ring (bicyclic) bond motifs is 1. The maximum atomic E-state index is 12.5. The van der Waals surface area contributed by atoms with Crippen LogP contribution >= 0.6 is 11.3 Å². The molecule has 0 radical (unpaired) electrons. The maximum absolute atomic E-state index is 12.5. The number of anilines is 1. The van der Waals surface area contributed by atoms with Crippen molar-refractivity contribution in [3.8, 4) is 17.1 Å².